The molecule has 0 unspecified atom stereocenters. The number of aryl methyl sites for hydroxylation is 1. The van der Waals surface area contributed by atoms with E-state index in [1.54, 1.807) is 0 Å². The van der Waals surface area contributed by atoms with Crippen molar-refractivity contribution in [3.05, 3.63) is 33.8 Å². The smallest absolute Gasteiger partial charge is 0.0178 e. The number of halogens is 1. The maximum Gasteiger partial charge on any atom is 0.0178 e. The molecule has 1 saturated carbocycles. The number of rotatable bonds is 2. The van der Waals surface area contributed by atoms with Gasteiger partial charge in [0.05, 0.1) is 0 Å². The van der Waals surface area contributed by atoms with E-state index in [1.807, 2.05) is 0 Å². The Morgan fingerprint density at radius 3 is 2.75 bits per heavy atom. The molecule has 1 aliphatic carbocycles. The summed E-state index contributed by atoms with van der Waals surface area (Å²) in [6.07, 6.45) is 4.17. The van der Waals surface area contributed by atoms with Gasteiger partial charge in [0.2, 0.25) is 0 Å². The molecule has 0 atom stereocenters. The lowest BCUT2D eigenvalue weighted by molar-refractivity contribution is 0.826. The predicted molar refractivity (Wildman–Crippen MR) is 55.3 cm³/mol. The van der Waals surface area contributed by atoms with E-state index in [0.717, 1.165) is 5.92 Å². The summed E-state index contributed by atoms with van der Waals surface area (Å²) in [5.74, 6) is 0.991. The van der Waals surface area contributed by atoms with Crippen LogP contribution in [0.1, 0.15) is 24.0 Å². The van der Waals surface area contributed by atoms with Gasteiger partial charge in [-0.1, -0.05) is 22.0 Å². The van der Waals surface area contributed by atoms with Crippen molar-refractivity contribution >= 4 is 15.9 Å². The highest BCUT2D eigenvalue weighted by Crippen LogP contribution is 2.33. The van der Waals surface area contributed by atoms with E-state index in [-0.39, 0.29) is 0 Å². The van der Waals surface area contributed by atoms with Crippen LogP contribution in [0.3, 0.4) is 0 Å². The maximum absolute atomic E-state index is 3.48. The van der Waals surface area contributed by atoms with Crippen molar-refractivity contribution in [2.24, 2.45) is 5.92 Å². The lowest BCUT2D eigenvalue weighted by Gasteiger charge is -2.04. The average molecular weight is 225 g/mol. The minimum atomic E-state index is 0.991. The van der Waals surface area contributed by atoms with E-state index in [4.69, 9.17) is 0 Å². The lowest BCUT2D eigenvalue weighted by atomic mass is 10.0. The zero-order valence-electron chi connectivity index (χ0n) is 7.31. The predicted octanol–water partition coefficient (Wildman–Crippen LogP) is 3.71. The monoisotopic (exact) mass is 224 g/mol. The summed E-state index contributed by atoms with van der Waals surface area (Å²) < 4.78 is 1.19. The molecule has 0 saturated heterocycles. The second-order valence-corrected chi connectivity index (χ2v) is 4.63. The molecule has 0 heterocycles. The minimum absolute atomic E-state index is 0.991. The van der Waals surface area contributed by atoms with Crippen molar-refractivity contribution in [2.45, 2.75) is 26.2 Å². The first kappa shape index (κ1) is 8.31. The molecule has 0 radical (unpaired) electrons. The van der Waals surface area contributed by atoms with Crippen molar-refractivity contribution in [1.29, 1.82) is 0 Å². The second-order valence-electron chi connectivity index (χ2n) is 3.72. The molecular weight excluding hydrogens is 212 g/mol. The van der Waals surface area contributed by atoms with Crippen LogP contribution in [0.25, 0.3) is 0 Å². The maximum atomic E-state index is 3.48. The van der Waals surface area contributed by atoms with Crippen molar-refractivity contribution in [1.82, 2.24) is 0 Å². The van der Waals surface area contributed by atoms with Crippen LogP contribution in [0.15, 0.2) is 22.7 Å². The lowest BCUT2D eigenvalue weighted by Crippen LogP contribution is -1.90. The van der Waals surface area contributed by atoms with Crippen LogP contribution in [0.2, 0.25) is 0 Å². The number of benzene rings is 1. The summed E-state index contributed by atoms with van der Waals surface area (Å²) in [5.41, 5.74) is 2.96. The molecule has 0 aromatic heterocycles. The van der Waals surface area contributed by atoms with Crippen LogP contribution in [0.4, 0.5) is 0 Å². The van der Waals surface area contributed by atoms with Crippen molar-refractivity contribution in [3.8, 4) is 0 Å². The van der Waals surface area contributed by atoms with Crippen LogP contribution >= 0.6 is 15.9 Å². The first-order valence-corrected chi connectivity index (χ1v) is 5.30. The summed E-state index contributed by atoms with van der Waals surface area (Å²) in [4.78, 5) is 0. The average Bonchev–Trinajstić information content (AvgIpc) is 2.79. The van der Waals surface area contributed by atoms with Gasteiger partial charge in [0, 0.05) is 4.47 Å². The fourth-order valence-electron chi connectivity index (χ4n) is 1.52. The summed E-state index contributed by atoms with van der Waals surface area (Å²) in [6, 6.07) is 6.60. The molecular formula is C11H13Br. The molecule has 12 heavy (non-hydrogen) atoms. The normalized spacial score (nSPS) is 16.5. The van der Waals surface area contributed by atoms with Crippen LogP contribution in [0, 0.1) is 12.8 Å². The molecule has 0 amide bonds. The third-order valence-electron chi connectivity index (χ3n) is 2.51. The topological polar surface area (TPSA) is 0 Å². The van der Waals surface area contributed by atoms with Gasteiger partial charge in [-0.25, -0.2) is 0 Å². The molecule has 64 valence electrons. The molecule has 1 heteroatoms. The highest BCUT2D eigenvalue weighted by molar-refractivity contribution is 9.10. The molecule has 0 N–H and O–H groups in total. The van der Waals surface area contributed by atoms with Crippen LogP contribution in [-0.4, -0.2) is 0 Å². The van der Waals surface area contributed by atoms with Gasteiger partial charge in [-0.3, -0.25) is 0 Å². The Bertz CT molecular complexity index is 287. The van der Waals surface area contributed by atoms with Gasteiger partial charge in [0.15, 0.2) is 0 Å². The first-order valence-electron chi connectivity index (χ1n) is 4.51. The van der Waals surface area contributed by atoms with E-state index >= 15 is 0 Å². The largest absolute Gasteiger partial charge is 0.0576 e. The summed E-state index contributed by atoms with van der Waals surface area (Å²) in [5, 5.41) is 0. The van der Waals surface area contributed by atoms with Crippen LogP contribution in [0.5, 0.6) is 0 Å². The van der Waals surface area contributed by atoms with Gasteiger partial charge in [0.25, 0.3) is 0 Å². The van der Waals surface area contributed by atoms with Gasteiger partial charge >= 0.3 is 0 Å². The summed E-state index contributed by atoms with van der Waals surface area (Å²) in [7, 11) is 0. The number of hydrogen-bond acceptors (Lipinski definition) is 0. The van der Waals surface area contributed by atoms with E-state index in [9.17, 15) is 0 Å². The molecule has 0 aliphatic heterocycles. The van der Waals surface area contributed by atoms with E-state index in [1.165, 1.54) is 34.9 Å². The fraction of sp³-hybridized carbons (Fsp3) is 0.455. The van der Waals surface area contributed by atoms with E-state index in [2.05, 4.69) is 41.1 Å². The highest BCUT2D eigenvalue weighted by Gasteiger charge is 2.21. The first-order chi connectivity index (χ1) is 5.75. The fourth-order valence-corrected chi connectivity index (χ4v) is 2.00. The van der Waals surface area contributed by atoms with Gasteiger partial charge < -0.3 is 0 Å². The standard InChI is InChI=1S/C11H13Br/c1-8-6-11(12)5-4-10(8)7-9-2-3-9/h4-6,9H,2-3,7H2,1H3. The summed E-state index contributed by atoms with van der Waals surface area (Å²) in [6.45, 7) is 2.20. The Hall–Kier alpha value is -0.300. The molecule has 1 aromatic rings. The SMILES string of the molecule is Cc1cc(Br)ccc1CC1CC1. The van der Waals surface area contributed by atoms with E-state index in [0.29, 0.717) is 0 Å². The molecule has 1 fully saturated rings. The van der Waals surface area contributed by atoms with Crippen LogP contribution in [-0.2, 0) is 6.42 Å². The molecule has 1 aliphatic rings. The Labute approximate surface area is 82.1 Å². The third-order valence-corrected chi connectivity index (χ3v) is 3.00. The van der Waals surface area contributed by atoms with Crippen LogP contribution < -0.4 is 0 Å². The van der Waals surface area contributed by atoms with Crippen molar-refractivity contribution in [3.63, 3.8) is 0 Å². The molecule has 2 rings (SSSR count). The molecule has 0 spiro atoms. The van der Waals surface area contributed by atoms with Gasteiger partial charge in [-0.15, -0.1) is 0 Å². The van der Waals surface area contributed by atoms with E-state index < -0.39 is 0 Å². The zero-order valence-corrected chi connectivity index (χ0v) is 8.89. The number of hydrogen-bond donors (Lipinski definition) is 0. The third kappa shape index (κ3) is 1.89. The van der Waals surface area contributed by atoms with Crippen molar-refractivity contribution < 1.29 is 0 Å². The minimum Gasteiger partial charge on any atom is -0.0576 e. The Morgan fingerprint density at radius 2 is 2.17 bits per heavy atom. The van der Waals surface area contributed by atoms with Gasteiger partial charge in [-0.05, 0) is 55.4 Å². The quantitative estimate of drug-likeness (QED) is 0.719. The Balaban J connectivity index is 2.18. The zero-order chi connectivity index (χ0) is 8.55. The Morgan fingerprint density at radius 1 is 1.42 bits per heavy atom. The molecule has 0 bridgehead atoms. The van der Waals surface area contributed by atoms with Gasteiger partial charge in [-0.2, -0.15) is 0 Å². The molecule has 0 nitrogen and oxygen atoms in total. The Kier molecular flexibility index (Phi) is 2.22. The second kappa shape index (κ2) is 3.21. The van der Waals surface area contributed by atoms with Gasteiger partial charge in [0.1, 0.15) is 0 Å². The van der Waals surface area contributed by atoms with Crippen molar-refractivity contribution in [2.75, 3.05) is 0 Å². The summed E-state index contributed by atoms with van der Waals surface area (Å²) >= 11 is 3.48. The highest BCUT2D eigenvalue weighted by atomic mass is 79.9. The molecule has 1 aromatic carbocycles.